The Morgan fingerprint density at radius 1 is 1.15 bits per heavy atom. The number of carbonyl (C=O) groups is 1. The van der Waals surface area contributed by atoms with E-state index in [2.05, 4.69) is 5.32 Å². The maximum atomic E-state index is 13.3. The van der Waals surface area contributed by atoms with E-state index in [1.165, 1.54) is 18.2 Å². The molecule has 0 aliphatic carbocycles. The molecule has 0 saturated heterocycles. The second kappa shape index (κ2) is 5.56. The van der Waals surface area contributed by atoms with E-state index in [1.807, 2.05) is 0 Å². The highest BCUT2D eigenvalue weighted by atomic mass is 19.1. The summed E-state index contributed by atoms with van der Waals surface area (Å²) in [5.41, 5.74) is 5.66. The fourth-order valence-electron chi connectivity index (χ4n) is 1.77. The third-order valence-corrected chi connectivity index (χ3v) is 2.80. The minimum atomic E-state index is -1.32. The lowest BCUT2D eigenvalue weighted by Gasteiger charge is -2.12. The molecular weight excluding hydrogens is 266 g/mol. The molecule has 2 rings (SSSR count). The van der Waals surface area contributed by atoms with Crippen LogP contribution < -0.4 is 11.1 Å². The lowest BCUT2D eigenvalue weighted by molar-refractivity contribution is 0.0698. The smallest absolute Gasteiger partial charge is 0.340 e. The van der Waals surface area contributed by atoms with Crippen molar-refractivity contribution in [1.29, 1.82) is 0 Å². The first-order chi connectivity index (χ1) is 9.49. The van der Waals surface area contributed by atoms with Crippen LogP contribution in [0.4, 0.5) is 20.2 Å². The largest absolute Gasteiger partial charge is 0.478 e. The van der Waals surface area contributed by atoms with Gasteiger partial charge in [0, 0.05) is 6.54 Å². The molecule has 0 radical (unpaired) electrons. The van der Waals surface area contributed by atoms with Gasteiger partial charge in [0.2, 0.25) is 0 Å². The van der Waals surface area contributed by atoms with Crippen LogP contribution >= 0.6 is 0 Å². The second-order valence-electron chi connectivity index (χ2n) is 4.17. The zero-order chi connectivity index (χ0) is 14.7. The Morgan fingerprint density at radius 2 is 1.80 bits per heavy atom. The van der Waals surface area contributed by atoms with Gasteiger partial charge < -0.3 is 16.2 Å². The molecule has 0 aliphatic rings. The molecule has 20 heavy (non-hydrogen) atoms. The topological polar surface area (TPSA) is 75.3 Å². The Balaban J connectivity index is 2.23. The average molecular weight is 278 g/mol. The minimum absolute atomic E-state index is 0.209. The fraction of sp³-hybridized carbons (Fsp3) is 0.0714. The van der Waals surface area contributed by atoms with E-state index >= 15 is 0 Å². The quantitative estimate of drug-likeness (QED) is 0.752. The van der Waals surface area contributed by atoms with Crippen LogP contribution in [0.25, 0.3) is 0 Å². The number of nitrogen functional groups attached to an aromatic ring is 1. The predicted octanol–water partition coefficient (Wildman–Crippen LogP) is 2.86. The van der Waals surface area contributed by atoms with Crippen LogP contribution in [-0.4, -0.2) is 11.1 Å². The maximum absolute atomic E-state index is 13.3. The molecule has 0 spiro atoms. The highest BCUT2D eigenvalue weighted by Crippen LogP contribution is 2.25. The molecule has 0 saturated carbocycles. The van der Waals surface area contributed by atoms with Crippen molar-refractivity contribution in [3.8, 4) is 0 Å². The summed E-state index contributed by atoms with van der Waals surface area (Å²) >= 11 is 0. The summed E-state index contributed by atoms with van der Waals surface area (Å²) in [6.45, 7) is 0.269. The number of carboxylic acids is 1. The molecule has 0 atom stereocenters. The van der Waals surface area contributed by atoms with Gasteiger partial charge in [0.25, 0.3) is 0 Å². The minimum Gasteiger partial charge on any atom is -0.478 e. The summed E-state index contributed by atoms with van der Waals surface area (Å²) in [6, 6.07) is 8.13. The molecule has 0 unspecified atom stereocenters. The molecule has 0 heterocycles. The lowest BCUT2D eigenvalue weighted by atomic mass is 10.1. The van der Waals surface area contributed by atoms with Gasteiger partial charge in [-0.25, -0.2) is 13.6 Å². The number of hydrogen-bond donors (Lipinski definition) is 3. The van der Waals surface area contributed by atoms with Crippen molar-refractivity contribution < 1.29 is 18.7 Å². The predicted molar refractivity (Wildman–Crippen MR) is 71.5 cm³/mol. The highest BCUT2D eigenvalue weighted by Gasteiger charge is 2.17. The number of hydrogen-bond acceptors (Lipinski definition) is 3. The second-order valence-corrected chi connectivity index (χ2v) is 4.17. The summed E-state index contributed by atoms with van der Waals surface area (Å²) in [5, 5.41) is 11.9. The summed E-state index contributed by atoms with van der Waals surface area (Å²) in [5.74, 6) is -2.45. The SMILES string of the molecule is Nc1c(F)ccc(NCc2ccc(F)cc2)c1C(=O)O. The maximum Gasteiger partial charge on any atom is 0.340 e. The average Bonchev–Trinajstić information content (AvgIpc) is 2.41. The van der Waals surface area contributed by atoms with Gasteiger partial charge >= 0.3 is 5.97 Å². The van der Waals surface area contributed by atoms with Gasteiger partial charge in [-0.3, -0.25) is 0 Å². The van der Waals surface area contributed by atoms with Gasteiger partial charge in [-0.1, -0.05) is 12.1 Å². The molecule has 104 valence electrons. The molecule has 2 aromatic carbocycles. The van der Waals surface area contributed by atoms with Crippen LogP contribution in [0.2, 0.25) is 0 Å². The number of halogens is 2. The number of aromatic carboxylic acids is 1. The van der Waals surface area contributed by atoms with Crippen molar-refractivity contribution in [2.45, 2.75) is 6.54 Å². The molecule has 0 aromatic heterocycles. The molecular formula is C14H12F2N2O2. The zero-order valence-electron chi connectivity index (χ0n) is 10.4. The van der Waals surface area contributed by atoms with Crippen LogP contribution in [0, 0.1) is 11.6 Å². The molecule has 0 bridgehead atoms. The molecule has 0 amide bonds. The normalized spacial score (nSPS) is 10.3. The van der Waals surface area contributed by atoms with Crippen LogP contribution in [0.1, 0.15) is 15.9 Å². The first-order valence-corrected chi connectivity index (χ1v) is 5.78. The first kappa shape index (κ1) is 13.8. The monoisotopic (exact) mass is 278 g/mol. The molecule has 4 N–H and O–H groups in total. The Kier molecular flexibility index (Phi) is 3.84. The number of rotatable bonds is 4. The summed E-state index contributed by atoms with van der Waals surface area (Å²) in [6.07, 6.45) is 0. The van der Waals surface area contributed by atoms with Crippen LogP contribution in [0.3, 0.4) is 0 Å². The summed E-state index contributed by atoms with van der Waals surface area (Å²) in [7, 11) is 0. The van der Waals surface area contributed by atoms with Crippen LogP contribution in [-0.2, 0) is 6.54 Å². The first-order valence-electron chi connectivity index (χ1n) is 5.78. The third kappa shape index (κ3) is 2.85. The molecule has 2 aromatic rings. The Morgan fingerprint density at radius 3 is 2.40 bits per heavy atom. The van der Waals surface area contributed by atoms with Crippen molar-refractivity contribution >= 4 is 17.3 Å². The van der Waals surface area contributed by atoms with Crippen molar-refractivity contribution in [1.82, 2.24) is 0 Å². The number of carboxylic acid groups (broad SMARTS) is 1. The Hall–Kier alpha value is -2.63. The van der Waals surface area contributed by atoms with Crippen molar-refractivity contribution in [3.05, 3.63) is 59.2 Å². The van der Waals surface area contributed by atoms with Crippen molar-refractivity contribution in [2.75, 3.05) is 11.1 Å². The van der Waals surface area contributed by atoms with E-state index in [0.29, 0.717) is 0 Å². The molecule has 4 nitrogen and oxygen atoms in total. The zero-order valence-corrected chi connectivity index (χ0v) is 10.4. The Bertz CT molecular complexity index is 642. The van der Waals surface area contributed by atoms with Crippen molar-refractivity contribution in [2.24, 2.45) is 0 Å². The summed E-state index contributed by atoms with van der Waals surface area (Å²) in [4.78, 5) is 11.1. The van der Waals surface area contributed by atoms with Crippen molar-refractivity contribution in [3.63, 3.8) is 0 Å². The number of nitrogens with two attached hydrogens (primary N) is 1. The van der Waals surface area contributed by atoms with Gasteiger partial charge in [0.1, 0.15) is 17.2 Å². The van der Waals surface area contributed by atoms with Gasteiger partial charge in [-0.05, 0) is 29.8 Å². The van der Waals surface area contributed by atoms with E-state index in [1.54, 1.807) is 12.1 Å². The summed E-state index contributed by atoms with van der Waals surface area (Å²) < 4.78 is 26.0. The number of anilines is 2. The molecule has 6 heteroatoms. The van der Waals surface area contributed by atoms with Gasteiger partial charge in [-0.15, -0.1) is 0 Å². The number of nitrogens with one attached hydrogen (secondary N) is 1. The van der Waals surface area contributed by atoms with E-state index in [4.69, 9.17) is 10.8 Å². The highest BCUT2D eigenvalue weighted by molar-refractivity contribution is 6.00. The Labute approximate surface area is 113 Å². The van der Waals surface area contributed by atoms with E-state index in [9.17, 15) is 13.6 Å². The van der Waals surface area contributed by atoms with E-state index in [-0.39, 0.29) is 23.6 Å². The number of benzene rings is 2. The van der Waals surface area contributed by atoms with Gasteiger partial charge in [0.15, 0.2) is 0 Å². The fourth-order valence-corrected chi connectivity index (χ4v) is 1.77. The third-order valence-electron chi connectivity index (χ3n) is 2.80. The standard InChI is InChI=1S/C14H12F2N2O2/c15-9-3-1-8(2-4-9)7-18-11-6-5-10(16)13(17)12(11)14(19)20/h1-6,18H,7,17H2,(H,19,20). The molecule has 0 fully saturated rings. The van der Waals surface area contributed by atoms with Gasteiger partial charge in [-0.2, -0.15) is 0 Å². The van der Waals surface area contributed by atoms with Crippen LogP contribution in [0.15, 0.2) is 36.4 Å². The van der Waals surface area contributed by atoms with Gasteiger partial charge in [0.05, 0.1) is 11.4 Å². The van der Waals surface area contributed by atoms with E-state index in [0.717, 1.165) is 11.6 Å². The lowest BCUT2D eigenvalue weighted by Crippen LogP contribution is -2.10. The molecule has 0 aliphatic heterocycles. The van der Waals surface area contributed by atoms with Crippen LogP contribution in [0.5, 0.6) is 0 Å². The van der Waals surface area contributed by atoms with E-state index < -0.39 is 17.5 Å².